The van der Waals surface area contributed by atoms with Crippen LogP contribution in [0.4, 0.5) is 0 Å². The molecule has 0 aliphatic heterocycles. The number of hydrogen-bond acceptors (Lipinski definition) is 3. The highest BCUT2D eigenvalue weighted by Gasteiger charge is 2.27. The first-order valence-electron chi connectivity index (χ1n) is 6.21. The van der Waals surface area contributed by atoms with Gasteiger partial charge in [-0.2, -0.15) is 0 Å². The number of carbonyl (C=O) groups excluding carboxylic acids is 1. The summed E-state index contributed by atoms with van der Waals surface area (Å²) in [6, 6.07) is 0. The largest absolute Gasteiger partial charge is 0.393 e. The highest BCUT2D eigenvalue weighted by atomic mass is 16.3. The molecule has 1 atom stereocenters. The van der Waals surface area contributed by atoms with E-state index in [0.717, 1.165) is 25.7 Å². The smallest absolute Gasteiger partial charge is 0.239 e. The van der Waals surface area contributed by atoms with E-state index in [-0.39, 0.29) is 12.0 Å². The number of hydrogen-bond donors (Lipinski definition) is 3. The second-order valence-electron chi connectivity index (χ2n) is 5.16. The Kier molecular flexibility index (Phi) is 4.74. The van der Waals surface area contributed by atoms with Crippen LogP contribution in [-0.2, 0) is 4.79 Å². The summed E-state index contributed by atoms with van der Waals surface area (Å²) in [5.74, 6) is 0.432. The van der Waals surface area contributed by atoms with Crippen LogP contribution < -0.4 is 11.1 Å². The summed E-state index contributed by atoms with van der Waals surface area (Å²) in [5, 5.41) is 12.3. The van der Waals surface area contributed by atoms with Gasteiger partial charge in [-0.05, 0) is 44.9 Å². The molecule has 4 nitrogen and oxygen atoms in total. The van der Waals surface area contributed by atoms with Gasteiger partial charge in [0.25, 0.3) is 0 Å². The molecule has 1 aliphatic rings. The van der Waals surface area contributed by atoms with Crippen molar-refractivity contribution in [2.75, 3.05) is 6.54 Å². The van der Waals surface area contributed by atoms with Crippen molar-refractivity contribution in [3.05, 3.63) is 0 Å². The molecule has 0 spiro atoms. The molecule has 4 N–H and O–H groups in total. The van der Waals surface area contributed by atoms with E-state index in [2.05, 4.69) is 5.32 Å². The van der Waals surface area contributed by atoms with Crippen LogP contribution >= 0.6 is 0 Å². The molecule has 1 amide bonds. The Balaban J connectivity index is 2.27. The van der Waals surface area contributed by atoms with Gasteiger partial charge >= 0.3 is 0 Å². The van der Waals surface area contributed by atoms with Gasteiger partial charge in [0.1, 0.15) is 0 Å². The number of amides is 1. The van der Waals surface area contributed by atoms with Crippen molar-refractivity contribution in [1.82, 2.24) is 5.32 Å². The summed E-state index contributed by atoms with van der Waals surface area (Å²) in [7, 11) is 0. The van der Waals surface area contributed by atoms with Crippen LogP contribution in [0.15, 0.2) is 0 Å². The summed E-state index contributed by atoms with van der Waals surface area (Å²) in [6.45, 7) is 4.36. The molecule has 1 aliphatic carbocycles. The standard InChI is InChI=1S/C12H24N2O2/c1-3-12(2,13)11(16)14-8-9-4-6-10(15)7-5-9/h9-10,15H,3-8,13H2,1-2H3,(H,14,16). The Morgan fingerprint density at radius 2 is 2.00 bits per heavy atom. The van der Waals surface area contributed by atoms with E-state index in [4.69, 9.17) is 5.73 Å². The molecule has 1 saturated carbocycles. The van der Waals surface area contributed by atoms with Gasteiger partial charge < -0.3 is 16.2 Å². The maximum absolute atomic E-state index is 11.7. The molecule has 0 aromatic heterocycles. The van der Waals surface area contributed by atoms with Crippen LogP contribution in [0.1, 0.15) is 46.0 Å². The van der Waals surface area contributed by atoms with Crippen LogP contribution in [0.5, 0.6) is 0 Å². The third kappa shape index (κ3) is 3.76. The number of carbonyl (C=O) groups is 1. The summed E-state index contributed by atoms with van der Waals surface area (Å²) in [6.07, 6.45) is 4.20. The molecule has 0 saturated heterocycles. The Hall–Kier alpha value is -0.610. The van der Waals surface area contributed by atoms with Crippen molar-refractivity contribution in [1.29, 1.82) is 0 Å². The summed E-state index contributed by atoms with van der Waals surface area (Å²) in [5.41, 5.74) is 5.09. The fourth-order valence-corrected chi connectivity index (χ4v) is 1.95. The molecule has 0 aromatic rings. The molecule has 1 unspecified atom stereocenters. The van der Waals surface area contributed by atoms with Crippen molar-refractivity contribution in [2.45, 2.75) is 57.6 Å². The molecule has 94 valence electrons. The van der Waals surface area contributed by atoms with Gasteiger partial charge in [-0.3, -0.25) is 4.79 Å². The van der Waals surface area contributed by atoms with Crippen molar-refractivity contribution in [2.24, 2.45) is 11.7 Å². The van der Waals surface area contributed by atoms with E-state index < -0.39 is 5.54 Å². The number of aliphatic hydroxyl groups is 1. The topological polar surface area (TPSA) is 75.4 Å². The van der Waals surface area contributed by atoms with Crippen LogP contribution in [-0.4, -0.2) is 29.2 Å². The lowest BCUT2D eigenvalue weighted by molar-refractivity contribution is -0.126. The highest BCUT2D eigenvalue weighted by molar-refractivity contribution is 5.85. The Bertz CT molecular complexity index is 233. The van der Waals surface area contributed by atoms with Gasteiger partial charge in [-0.15, -0.1) is 0 Å². The Morgan fingerprint density at radius 3 is 2.50 bits per heavy atom. The van der Waals surface area contributed by atoms with Gasteiger partial charge in [0, 0.05) is 6.54 Å². The van der Waals surface area contributed by atoms with E-state index in [0.29, 0.717) is 18.9 Å². The SMILES string of the molecule is CCC(C)(N)C(=O)NCC1CCC(O)CC1. The van der Waals surface area contributed by atoms with Crippen LogP contribution in [0.25, 0.3) is 0 Å². The summed E-state index contributed by atoms with van der Waals surface area (Å²) in [4.78, 5) is 11.7. The number of nitrogens with two attached hydrogens (primary N) is 1. The van der Waals surface area contributed by atoms with Gasteiger partial charge in [0.15, 0.2) is 0 Å². The summed E-state index contributed by atoms with van der Waals surface area (Å²) >= 11 is 0. The molecule has 0 heterocycles. The monoisotopic (exact) mass is 228 g/mol. The lowest BCUT2D eigenvalue weighted by Crippen LogP contribution is -2.52. The van der Waals surface area contributed by atoms with E-state index in [1.54, 1.807) is 6.92 Å². The molecule has 0 aromatic carbocycles. The van der Waals surface area contributed by atoms with Crippen molar-refractivity contribution in [3.63, 3.8) is 0 Å². The van der Waals surface area contributed by atoms with Crippen LogP contribution in [0.2, 0.25) is 0 Å². The third-order valence-electron chi connectivity index (χ3n) is 3.62. The lowest BCUT2D eigenvalue weighted by Gasteiger charge is -2.27. The van der Waals surface area contributed by atoms with Gasteiger partial charge in [0.05, 0.1) is 11.6 Å². The Labute approximate surface area is 97.6 Å². The van der Waals surface area contributed by atoms with Gasteiger partial charge in [-0.1, -0.05) is 6.92 Å². The van der Waals surface area contributed by atoms with Gasteiger partial charge in [-0.25, -0.2) is 0 Å². The minimum atomic E-state index is -0.756. The zero-order valence-corrected chi connectivity index (χ0v) is 10.3. The Morgan fingerprint density at radius 1 is 1.44 bits per heavy atom. The van der Waals surface area contributed by atoms with E-state index >= 15 is 0 Å². The van der Waals surface area contributed by atoms with E-state index in [9.17, 15) is 9.90 Å². The average molecular weight is 228 g/mol. The maximum Gasteiger partial charge on any atom is 0.239 e. The number of aliphatic hydroxyl groups excluding tert-OH is 1. The second-order valence-corrected chi connectivity index (χ2v) is 5.16. The van der Waals surface area contributed by atoms with E-state index in [1.165, 1.54) is 0 Å². The molecule has 16 heavy (non-hydrogen) atoms. The molecule has 1 rings (SSSR count). The predicted molar refractivity (Wildman–Crippen MR) is 63.9 cm³/mol. The fraction of sp³-hybridized carbons (Fsp3) is 0.917. The minimum Gasteiger partial charge on any atom is -0.393 e. The first-order chi connectivity index (χ1) is 7.45. The molecule has 0 bridgehead atoms. The fourth-order valence-electron chi connectivity index (χ4n) is 1.95. The first-order valence-corrected chi connectivity index (χ1v) is 6.21. The molecular weight excluding hydrogens is 204 g/mol. The third-order valence-corrected chi connectivity index (χ3v) is 3.62. The zero-order valence-electron chi connectivity index (χ0n) is 10.3. The predicted octanol–water partition coefficient (Wildman–Crippen LogP) is 0.781. The average Bonchev–Trinajstić information content (AvgIpc) is 2.28. The highest BCUT2D eigenvalue weighted by Crippen LogP contribution is 2.23. The molecular formula is C12H24N2O2. The van der Waals surface area contributed by atoms with Crippen molar-refractivity contribution in [3.8, 4) is 0 Å². The molecule has 1 fully saturated rings. The first kappa shape index (κ1) is 13.5. The minimum absolute atomic E-state index is 0.0684. The van der Waals surface area contributed by atoms with Crippen molar-refractivity contribution >= 4 is 5.91 Å². The molecule has 4 heteroatoms. The van der Waals surface area contributed by atoms with Crippen molar-refractivity contribution < 1.29 is 9.90 Å². The summed E-state index contributed by atoms with van der Waals surface area (Å²) < 4.78 is 0. The zero-order chi connectivity index (χ0) is 12.2. The number of nitrogens with one attached hydrogen (secondary N) is 1. The quantitative estimate of drug-likeness (QED) is 0.665. The normalized spacial score (nSPS) is 29.5. The number of rotatable bonds is 4. The molecule has 0 radical (unpaired) electrons. The maximum atomic E-state index is 11.7. The lowest BCUT2D eigenvalue weighted by atomic mass is 9.87. The van der Waals surface area contributed by atoms with Crippen LogP contribution in [0, 0.1) is 5.92 Å². The second kappa shape index (κ2) is 5.64. The van der Waals surface area contributed by atoms with E-state index in [1.807, 2.05) is 6.92 Å². The van der Waals surface area contributed by atoms with Crippen LogP contribution in [0.3, 0.4) is 0 Å². The van der Waals surface area contributed by atoms with Gasteiger partial charge in [0.2, 0.25) is 5.91 Å².